The fraction of sp³-hybridized carbons (Fsp3) is 0.103. The molecule has 0 aliphatic rings. The molecule has 4 aromatic carbocycles. The van der Waals surface area contributed by atoms with Gasteiger partial charge in [-0.1, -0.05) is 96.7 Å². The van der Waals surface area contributed by atoms with E-state index >= 15 is 0 Å². The molecular formula is C29H22Br2Cl2N4O. The van der Waals surface area contributed by atoms with E-state index in [2.05, 4.69) is 47.5 Å². The molecule has 0 amide bonds. The van der Waals surface area contributed by atoms with Crippen molar-refractivity contribution >= 4 is 60.7 Å². The van der Waals surface area contributed by atoms with Crippen LogP contribution in [0.2, 0.25) is 10.0 Å². The van der Waals surface area contributed by atoms with Crippen molar-refractivity contribution in [2.24, 2.45) is 0 Å². The molecule has 192 valence electrons. The molecule has 2 N–H and O–H groups in total. The minimum atomic E-state index is -1.54. The quantitative estimate of drug-likeness (QED) is 0.175. The van der Waals surface area contributed by atoms with E-state index in [1.165, 1.54) is 0 Å². The SMILES string of the molecule is OC(CNc1ccc(Br)cc1)(c1ccc(Cl)cc1)c1nnn(Cc2ccc(Br)cc2)c1-c1ccc(Cl)cc1. The number of benzene rings is 4. The molecule has 9 heteroatoms. The third-order valence-electron chi connectivity index (χ3n) is 6.20. The van der Waals surface area contributed by atoms with E-state index in [-0.39, 0.29) is 6.54 Å². The van der Waals surface area contributed by atoms with E-state index in [1.807, 2.05) is 89.6 Å². The second kappa shape index (κ2) is 11.6. The molecule has 0 bridgehead atoms. The van der Waals surface area contributed by atoms with Gasteiger partial charge >= 0.3 is 0 Å². The van der Waals surface area contributed by atoms with Gasteiger partial charge in [-0.05, 0) is 71.8 Å². The van der Waals surface area contributed by atoms with Crippen molar-refractivity contribution in [3.63, 3.8) is 0 Å². The standard InChI is InChI=1S/C29H22Br2Cl2N4O/c30-22-7-1-19(2-8-22)17-37-27(20-3-11-24(32)12-4-20)28(35-36-37)29(38,21-5-13-25(33)14-6-21)18-34-26-15-9-23(31)10-16-26/h1-16,34,38H,17-18H2. The Morgan fingerprint density at radius 3 is 1.92 bits per heavy atom. The summed E-state index contributed by atoms with van der Waals surface area (Å²) in [6.07, 6.45) is 0. The second-order valence-corrected chi connectivity index (χ2v) is 11.5. The number of nitrogens with zero attached hydrogens (tertiary/aromatic N) is 3. The molecule has 5 rings (SSSR count). The Morgan fingerprint density at radius 2 is 1.32 bits per heavy atom. The Morgan fingerprint density at radius 1 is 0.763 bits per heavy atom. The zero-order chi connectivity index (χ0) is 26.7. The molecule has 5 aromatic rings. The average molecular weight is 673 g/mol. The van der Waals surface area contributed by atoms with E-state index in [0.29, 0.717) is 33.5 Å². The first-order chi connectivity index (χ1) is 18.3. The second-order valence-electron chi connectivity index (χ2n) is 8.81. The van der Waals surface area contributed by atoms with Gasteiger partial charge < -0.3 is 10.4 Å². The fourth-order valence-electron chi connectivity index (χ4n) is 4.20. The summed E-state index contributed by atoms with van der Waals surface area (Å²) in [5.41, 5.74) is 2.95. The Hall–Kier alpha value is -2.68. The Kier molecular flexibility index (Phi) is 8.21. The van der Waals surface area contributed by atoms with Crippen molar-refractivity contribution in [2.75, 3.05) is 11.9 Å². The highest BCUT2D eigenvalue weighted by atomic mass is 79.9. The van der Waals surface area contributed by atoms with Crippen molar-refractivity contribution in [2.45, 2.75) is 12.1 Å². The molecule has 5 nitrogen and oxygen atoms in total. The number of anilines is 1. The van der Waals surface area contributed by atoms with Crippen LogP contribution in [0.25, 0.3) is 11.3 Å². The lowest BCUT2D eigenvalue weighted by atomic mass is 9.87. The lowest BCUT2D eigenvalue weighted by Gasteiger charge is -2.29. The molecule has 1 heterocycles. The van der Waals surface area contributed by atoms with Crippen LogP contribution >= 0.6 is 55.1 Å². The zero-order valence-electron chi connectivity index (χ0n) is 20.0. The molecule has 1 unspecified atom stereocenters. The number of halogens is 4. The third-order valence-corrected chi connectivity index (χ3v) is 7.77. The van der Waals surface area contributed by atoms with Gasteiger partial charge in [-0.3, -0.25) is 0 Å². The highest BCUT2D eigenvalue weighted by Gasteiger charge is 2.38. The first-order valence-electron chi connectivity index (χ1n) is 11.7. The normalized spacial score (nSPS) is 12.8. The van der Waals surface area contributed by atoms with E-state index < -0.39 is 5.60 Å². The van der Waals surface area contributed by atoms with Crippen LogP contribution in [0.4, 0.5) is 5.69 Å². The molecule has 1 aromatic heterocycles. The monoisotopic (exact) mass is 670 g/mol. The Balaban J connectivity index is 1.63. The van der Waals surface area contributed by atoms with E-state index in [4.69, 9.17) is 23.2 Å². The zero-order valence-corrected chi connectivity index (χ0v) is 24.6. The summed E-state index contributed by atoms with van der Waals surface area (Å²) >= 11 is 19.4. The van der Waals surface area contributed by atoms with Crippen molar-refractivity contribution in [1.82, 2.24) is 15.0 Å². The molecule has 0 fully saturated rings. The van der Waals surface area contributed by atoms with Gasteiger partial charge in [-0.15, -0.1) is 5.10 Å². The van der Waals surface area contributed by atoms with Crippen LogP contribution in [0.15, 0.2) is 106 Å². The number of hydrogen-bond donors (Lipinski definition) is 2. The first kappa shape index (κ1) is 26.9. The van der Waals surface area contributed by atoms with Crippen molar-refractivity contribution < 1.29 is 5.11 Å². The molecule has 1 atom stereocenters. The highest BCUT2D eigenvalue weighted by Crippen LogP contribution is 2.37. The fourth-order valence-corrected chi connectivity index (χ4v) is 4.99. The molecule has 0 aliphatic carbocycles. The molecule has 38 heavy (non-hydrogen) atoms. The van der Waals surface area contributed by atoms with Crippen LogP contribution < -0.4 is 5.32 Å². The summed E-state index contributed by atoms with van der Waals surface area (Å²) < 4.78 is 3.77. The summed E-state index contributed by atoms with van der Waals surface area (Å²) in [5.74, 6) is 0. The summed E-state index contributed by atoms with van der Waals surface area (Å²) in [4.78, 5) is 0. The smallest absolute Gasteiger partial charge is 0.153 e. The van der Waals surface area contributed by atoms with Gasteiger partial charge in [0.15, 0.2) is 5.60 Å². The number of aromatic nitrogens is 3. The van der Waals surface area contributed by atoms with Crippen LogP contribution in [0.5, 0.6) is 0 Å². The van der Waals surface area contributed by atoms with Crippen LogP contribution in [0, 0.1) is 0 Å². The number of rotatable bonds is 8. The Labute approximate surface area is 247 Å². The van der Waals surface area contributed by atoms with Gasteiger partial charge in [0.2, 0.25) is 0 Å². The van der Waals surface area contributed by atoms with Gasteiger partial charge in [-0.25, -0.2) is 4.68 Å². The van der Waals surface area contributed by atoms with Gasteiger partial charge in [0.25, 0.3) is 0 Å². The van der Waals surface area contributed by atoms with E-state index in [0.717, 1.165) is 25.8 Å². The number of aliphatic hydroxyl groups is 1. The topological polar surface area (TPSA) is 63.0 Å². The van der Waals surface area contributed by atoms with E-state index in [1.54, 1.807) is 12.1 Å². The molecule has 0 saturated carbocycles. The minimum Gasteiger partial charge on any atom is -0.381 e. The Bertz CT molecular complexity index is 1520. The van der Waals surface area contributed by atoms with Gasteiger partial charge in [0.1, 0.15) is 5.69 Å². The lowest BCUT2D eigenvalue weighted by Crippen LogP contribution is -2.36. The summed E-state index contributed by atoms with van der Waals surface area (Å²) in [6.45, 7) is 0.614. The maximum absolute atomic E-state index is 12.4. The first-order valence-corrected chi connectivity index (χ1v) is 14.1. The van der Waals surface area contributed by atoms with E-state index in [9.17, 15) is 5.11 Å². The van der Waals surface area contributed by atoms with Crippen LogP contribution in [0.1, 0.15) is 16.8 Å². The van der Waals surface area contributed by atoms with Gasteiger partial charge in [0, 0.05) is 30.2 Å². The minimum absolute atomic E-state index is 0.147. The summed E-state index contributed by atoms with van der Waals surface area (Å²) in [6, 6.07) is 30.4. The predicted octanol–water partition coefficient (Wildman–Crippen LogP) is 8.17. The van der Waals surface area contributed by atoms with Crippen LogP contribution in [0.3, 0.4) is 0 Å². The predicted molar refractivity (Wildman–Crippen MR) is 161 cm³/mol. The van der Waals surface area contributed by atoms with Crippen molar-refractivity contribution in [1.29, 1.82) is 0 Å². The molecule has 0 radical (unpaired) electrons. The van der Waals surface area contributed by atoms with Crippen molar-refractivity contribution in [3.05, 3.63) is 133 Å². The molecule has 0 saturated heterocycles. The summed E-state index contributed by atoms with van der Waals surface area (Å²) in [7, 11) is 0. The average Bonchev–Trinajstić information content (AvgIpc) is 3.34. The van der Waals surface area contributed by atoms with Crippen molar-refractivity contribution in [3.8, 4) is 11.3 Å². The van der Waals surface area contributed by atoms with Gasteiger partial charge in [-0.2, -0.15) is 0 Å². The van der Waals surface area contributed by atoms with Crippen LogP contribution in [-0.4, -0.2) is 26.6 Å². The molecular weight excluding hydrogens is 651 g/mol. The third kappa shape index (κ3) is 5.98. The summed E-state index contributed by atoms with van der Waals surface area (Å²) in [5, 5.41) is 26.1. The number of hydrogen-bond acceptors (Lipinski definition) is 4. The van der Waals surface area contributed by atoms with Gasteiger partial charge in [0.05, 0.1) is 18.8 Å². The largest absolute Gasteiger partial charge is 0.381 e. The van der Waals surface area contributed by atoms with Crippen LogP contribution in [-0.2, 0) is 12.1 Å². The number of nitrogens with one attached hydrogen (secondary N) is 1. The molecule has 0 aliphatic heterocycles. The maximum atomic E-state index is 12.4. The highest BCUT2D eigenvalue weighted by molar-refractivity contribution is 9.10. The molecule has 0 spiro atoms. The maximum Gasteiger partial charge on any atom is 0.153 e. The lowest BCUT2D eigenvalue weighted by molar-refractivity contribution is 0.0907.